The molecule has 2 N–H and O–H groups in total. The number of amides is 1. The number of nitrogens with zero attached hydrogens (tertiary/aromatic N) is 1. The Labute approximate surface area is 101 Å². The predicted octanol–water partition coefficient (Wildman–Crippen LogP) is 1.57. The average molecular weight is 245 g/mol. The second-order valence-corrected chi connectivity index (χ2v) is 4.02. The lowest BCUT2D eigenvalue weighted by molar-refractivity contribution is 0.0713. The zero-order valence-electron chi connectivity index (χ0n) is 9.31. The summed E-state index contributed by atoms with van der Waals surface area (Å²) in [5.41, 5.74) is 6.46. The number of nitrogens with two attached hydrogens (primary N) is 1. The molecule has 1 amide bonds. The van der Waals surface area contributed by atoms with Gasteiger partial charge >= 0.3 is 0 Å². The van der Waals surface area contributed by atoms with Crippen LogP contribution in [-0.4, -0.2) is 29.9 Å². The molecule has 0 bridgehead atoms. The maximum Gasteiger partial charge on any atom is 0.257 e. The van der Waals surface area contributed by atoms with Gasteiger partial charge in [0.05, 0.1) is 11.8 Å². The van der Waals surface area contributed by atoms with E-state index >= 15 is 0 Å². The molecule has 0 saturated carbocycles. The molecule has 0 aliphatic carbocycles. The first kappa shape index (κ1) is 13.1. The lowest BCUT2D eigenvalue weighted by atomic mass is 10.1. The molecule has 0 unspecified atom stereocenters. The second kappa shape index (κ2) is 5.37. The van der Waals surface area contributed by atoms with Crippen LogP contribution in [0.1, 0.15) is 29.0 Å². The zero-order chi connectivity index (χ0) is 10.8. The first-order valence-corrected chi connectivity index (χ1v) is 5.27. The SMILES string of the molecule is Cc1occc1C(=O)N1CCC(N)CC1.Cl. The summed E-state index contributed by atoms with van der Waals surface area (Å²) in [5.74, 6) is 0.753. The number of furan rings is 1. The van der Waals surface area contributed by atoms with Gasteiger partial charge < -0.3 is 15.1 Å². The molecule has 0 atom stereocenters. The van der Waals surface area contributed by atoms with Crippen molar-refractivity contribution in [3.8, 4) is 0 Å². The molecule has 0 radical (unpaired) electrons. The summed E-state index contributed by atoms with van der Waals surface area (Å²) in [6, 6.07) is 1.98. The molecule has 2 rings (SSSR count). The summed E-state index contributed by atoms with van der Waals surface area (Å²) >= 11 is 0. The van der Waals surface area contributed by atoms with Crippen LogP contribution in [0.25, 0.3) is 0 Å². The first-order valence-electron chi connectivity index (χ1n) is 5.27. The van der Waals surface area contributed by atoms with Gasteiger partial charge in [0.15, 0.2) is 0 Å². The molecule has 16 heavy (non-hydrogen) atoms. The van der Waals surface area contributed by atoms with Gasteiger partial charge in [-0.3, -0.25) is 4.79 Å². The van der Waals surface area contributed by atoms with Crippen molar-refractivity contribution in [1.29, 1.82) is 0 Å². The zero-order valence-corrected chi connectivity index (χ0v) is 10.1. The third kappa shape index (κ3) is 2.57. The average Bonchev–Trinajstić information content (AvgIpc) is 2.65. The van der Waals surface area contributed by atoms with E-state index in [1.54, 1.807) is 12.3 Å². The lowest BCUT2D eigenvalue weighted by Crippen LogP contribution is -2.42. The molecule has 1 saturated heterocycles. The third-order valence-corrected chi connectivity index (χ3v) is 2.92. The van der Waals surface area contributed by atoms with Crippen molar-refractivity contribution in [3.63, 3.8) is 0 Å². The van der Waals surface area contributed by atoms with Crippen LogP contribution in [0.4, 0.5) is 0 Å². The fourth-order valence-electron chi connectivity index (χ4n) is 1.88. The maximum absolute atomic E-state index is 12.0. The predicted molar refractivity (Wildman–Crippen MR) is 63.8 cm³/mol. The van der Waals surface area contributed by atoms with E-state index in [4.69, 9.17) is 10.2 Å². The Hall–Kier alpha value is -1.00. The molecule has 4 nitrogen and oxygen atoms in total. The summed E-state index contributed by atoms with van der Waals surface area (Å²) < 4.78 is 5.13. The summed E-state index contributed by atoms with van der Waals surface area (Å²) in [6.45, 7) is 3.32. The van der Waals surface area contributed by atoms with E-state index in [1.807, 2.05) is 11.8 Å². The van der Waals surface area contributed by atoms with Crippen LogP contribution in [-0.2, 0) is 0 Å². The van der Waals surface area contributed by atoms with E-state index < -0.39 is 0 Å². The van der Waals surface area contributed by atoms with Gasteiger partial charge in [0.1, 0.15) is 5.76 Å². The number of hydrogen-bond acceptors (Lipinski definition) is 3. The van der Waals surface area contributed by atoms with Gasteiger partial charge in [-0.25, -0.2) is 0 Å². The molecular weight excluding hydrogens is 228 g/mol. The normalized spacial score (nSPS) is 17.0. The third-order valence-electron chi connectivity index (χ3n) is 2.92. The van der Waals surface area contributed by atoms with E-state index in [2.05, 4.69) is 0 Å². The highest BCUT2D eigenvalue weighted by molar-refractivity contribution is 5.95. The number of rotatable bonds is 1. The minimum absolute atomic E-state index is 0. The number of halogens is 1. The van der Waals surface area contributed by atoms with Gasteiger partial charge in [-0.2, -0.15) is 0 Å². The second-order valence-electron chi connectivity index (χ2n) is 4.02. The number of aryl methyl sites for hydroxylation is 1. The molecule has 2 heterocycles. The minimum Gasteiger partial charge on any atom is -0.469 e. The van der Waals surface area contributed by atoms with Gasteiger partial charge in [0, 0.05) is 19.1 Å². The summed E-state index contributed by atoms with van der Waals surface area (Å²) in [4.78, 5) is 13.9. The van der Waals surface area contributed by atoms with Gasteiger partial charge in [-0.05, 0) is 25.8 Å². The van der Waals surface area contributed by atoms with Crippen LogP contribution in [0.15, 0.2) is 16.7 Å². The highest BCUT2D eigenvalue weighted by atomic mass is 35.5. The first-order chi connectivity index (χ1) is 7.18. The molecule has 1 aromatic heterocycles. The number of likely N-dealkylation sites (tertiary alicyclic amines) is 1. The monoisotopic (exact) mass is 244 g/mol. The number of carbonyl (C=O) groups is 1. The Morgan fingerprint density at radius 1 is 1.50 bits per heavy atom. The van der Waals surface area contributed by atoms with Crippen LogP contribution >= 0.6 is 12.4 Å². The van der Waals surface area contributed by atoms with Crippen LogP contribution in [0.5, 0.6) is 0 Å². The van der Waals surface area contributed by atoms with Crippen LogP contribution in [0.3, 0.4) is 0 Å². The number of carbonyl (C=O) groups excluding carboxylic acids is 1. The molecule has 0 spiro atoms. The van der Waals surface area contributed by atoms with Crippen molar-refractivity contribution in [2.75, 3.05) is 13.1 Å². The minimum atomic E-state index is 0. The molecular formula is C11H17ClN2O2. The summed E-state index contributed by atoms with van der Waals surface area (Å²) in [7, 11) is 0. The van der Waals surface area contributed by atoms with E-state index in [0.29, 0.717) is 11.3 Å². The van der Waals surface area contributed by atoms with Crippen LogP contribution in [0, 0.1) is 6.92 Å². The molecule has 1 fully saturated rings. The summed E-state index contributed by atoms with van der Waals surface area (Å²) in [5, 5.41) is 0. The van der Waals surface area contributed by atoms with Gasteiger partial charge in [0.25, 0.3) is 5.91 Å². The van der Waals surface area contributed by atoms with Crippen molar-refractivity contribution in [1.82, 2.24) is 4.90 Å². The van der Waals surface area contributed by atoms with Gasteiger partial charge in [-0.15, -0.1) is 12.4 Å². The van der Waals surface area contributed by atoms with Crippen molar-refractivity contribution >= 4 is 18.3 Å². The maximum atomic E-state index is 12.0. The van der Waals surface area contributed by atoms with Gasteiger partial charge in [0.2, 0.25) is 0 Å². The molecule has 90 valence electrons. The smallest absolute Gasteiger partial charge is 0.257 e. The topological polar surface area (TPSA) is 59.5 Å². The fourth-order valence-corrected chi connectivity index (χ4v) is 1.88. The molecule has 1 aliphatic rings. The quantitative estimate of drug-likeness (QED) is 0.816. The van der Waals surface area contributed by atoms with E-state index in [0.717, 1.165) is 25.9 Å². The fraction of sp³-hybridized carbons (Fsp3) is 0.545. The van der Waals surface area contributed by atoms with Crippen molar-refractivity contribution in [3.05, 3.63) is 23.7 Å². The highest BCUT2D eigenvalue weighted by Crippen LogP contribution is 2.15. The Morgan fingerprint density at radius 3 is 2.62 bits per heavy atom. The van der Waals surface area contributed by atoms with Crippen molar-refractivity contribution in [2.45, 2.75) is 25.8 Å². The Kier molecular flexibility index (Phi) is 4.38. The highest BCUT2D eigenvalue weighted by Gasteiger charge is 2.23. The lowest BCUT2D eigenvalue weighted by Gasteiger charge is -2.30. The van der Waals surface area contributed by atoms with E-state index in [1.165, 1.54) is 0 Å². The number of hydrogen-bond donors (Lipinski definition) is 1. The Bertz CT molecular complexity index is 357. The molecule has 5 heteroatoms. The van der Waals surface area contributed by atoms with Crippen LogP contribution in [0.2, 0.25) is 0 Å². The van der Waals surface area contributed by atoms with E-state index in [-0.39, 0.29) is 24.4 Å². The summed E-state index contributed by atoms with van der Waals surface area (Å²) in [6.07, 6.45) is 3.34. The van der Waals surface area contributed by atoms with Gasteiger partial charge in [-0.1, -0.05) is 0 Å². The van der Waals surface area contributed by atoms with Crippen LogP contribution < -0.4 is 5.73 Å². The largest absolute Gasteiger partial charge is 0.469 e. The van der Waals surface area contributed by atoms with Crippen molar-refractivity contribution in [2.24, 2.45) is 5.73 Å². The Morgan fingerprint density at radius 2 is 2.12 bits per heavy atom. The van der Waals surface area contributed by atoms with Crippen molar-refractivity contribution < 1.29 is 9.21 Å². The number of piperidine rings is 1. The molecule has 1 aliphatic heterocycles. The standard InChI is InChI=1S/C11H16N2O2.ClH/c1-8-10(4-7-15-8)11(14)13-5-2-9(12)3-6-13;/h4,7,9H,2-3,5-6,12H2,1H3;1H. The Balaban J connectivity index is 0.00000128. The molecule has 1 aromatic rings. The molecule has 0 aromatic carbocycles. The van der Waals surface area contributed by atoms with E-state index in [9.17, 15) is 4.79 Å².